The summed E-state index contributed by atoms with van der Waals surface area (Å²) in [5.74, 6) is 1.32. The number of hydrogen-bond donors (Lipinski definition) is 1. The molecule has 20 heavy (non-hydrogen) atoms. The second kappa shape index (κ2) is 4.77. The molecule has 1 N–H and O–H groups in total. The highest BCUT2D eigenvalue weighted by atomic mass is 16.5. The molecule has 1 fully saturated rings. The SMILES string of the molecule is CC(C)(C)C1CCCCC1(O)c1ccc2c(c1)CCO2. The summed E-state index contributed by atoms with van der Waals surface area (Å²) >= 11 is 0. The Balaban J connectivity index is 2.00. The molecule has 1 saturated carbocycles. The third-order valence-corrected chi connectivity index (χ3v) is 5.11. The highest BCUT2D eigenvalue weighted by molar-refractivity contribution is 5.42. The molecule has 1 aliphatic carbocycles. The predicted molar refractivity (Wildman–Crippen MR) is 81.0 cm³/mol. The van der Waals surface area contributed by atoms with Gasteiger partial charge in [0.05, 0.1) is 12.2 Å². The van der Waals surface area contributed by atoms with Crippen LogP contribution in [0, 0.1) is 11.3 Å². The van der Waals surface area contributed by atoms with E-state index in [1.165, 1.54) is 12.0 Å². The van der Waals surface area contributed by atoms with Gasteiger partial charge in [-0.05, 0) is 47.4 Å². The Morgan fingerprint density at radius 2 is 2.05 bits per heavy atom. The Morgan fingerprint density at radius 3 is 2.80 bits per heavy atom. The number of hydrogen-bond acceptors (Lipinski definition) is 2. The quantitative estimate of drug-likeness (QED) is 0.837. The van der Waals surface area contributed by atoms with Crippen molar-refractivity contribution in [2.45, 2.75) is 58.5 Å². The van der Waals surface area contributed by atoms with Gasteiger partial charge < -0.3 is 9.84 Å². The molecular weight excluding hydrogens is 248 g/mol. The lowest BCUT2D eigenvalue weighted by molar-refractivity contribution is -0.0959. The van der Waals surface area contributed by atoms with E-state index >= 15 is 0 Å². The maximum absolute atomic E-state index is 11.4. The summed E-state index contributed by atoms with van der Waals surface area (Å²) < 4.78 is 5.59. The van der Waals surface area contributed by atoms with Gasteiger partial charge in [0.1, 0.15) is 5.75 Å². The minimum absolute atomic E-state index is 0.130. The van der Waals surface area contributed by atoms with Crippen LogP contribution in [0.25, 0.3) is 0 Å². The van der Waals surface area contributed by atoms with Crippen molar-refractivity contribution in [3.05, 3.63) is 29.3 Å². The molecule has 0 radical (unpaired) electrons. The number of fused-ring (bicyclic) bond motifs is 1. The highest BCUT2D eigenvalue weighted by Crippen LogP contribution is 2.50. The Bertz CT molecular complexity index is 501. The van der Waals surface area contributed by atoms with Gasteiger partial charge in [-0.15, -0.1) is 0 Å². The average Bonchev–Trinajstić information content (AvgIpc) is 2.85. The van der Waals surface area contributed by atoms with Gasteiger partial charge in [-0.1, -0.05) is 39.7 Å². The van der Waals surface area contributed by atoms with E-state index in [1.807, 2.05) is 6.07 Å². The van der Waals surface area contributed by atoms with Crippen molar-refractivity contribution in [3.8, 4) is 5.75 Å². The Morgan fingerprint density at radius 1 is 1.25 bits per heavy atom. The number of benzene rings is 1. The molecule has 1 aromatic rings. The van der Waals surface area contributed by atoms with E-state index in [-0.39, 0.29) is 5.41 Å². The Kier molecular flexibility index (Phi) is 3.32. The summed E-state index contributed by atoms with van der Waals surface area (Å²) in [5.41, 5.74) is 1.81. The monoisotopic (exact) mass is 274 g/mol. The van der Waals surface area contributed by atoms with Gasteiger partial charge in [-0.25, -0.2) is 0 Å². The first-order valence-corrected chi connectivity index (χ1v) is 7.90. The zero-order chi connectivity index (χ0) is 14.4. The van der Waals surface area contributed by atoms with Crippen LogP contribution in [0.3, 0.4) is 0 Å². The summed E-state index contributed by atoms with van der Waals surface area (Å²) in [5, 5.41) is 11.4. The van der Waals surface area contributed by atoms with Crippen molar-refractivity contribution in [1.29, 1.82) is 0 Å². The molecule has 1 aromatic carbocycles. The molecular formula is C18H26O2. The van der Waals surface area contributed by atoms with Gasteiger partial charge in [-0.2, -0.15) is 0 Å². The highest BCUT2D eigenvalue weighted by Gasteiger charge is 2.46. The lowest BCUT2D eigenvalue weighted by atomic mass is 9.61. The van der Waals surface area contributed by atoms with Crippen molar-refractivity contribution < 1.29 is 9.84 Å². The Hall–Kier alpha value is -1.02. The molecule has 0 spiro atoms. The molecule has 1 aliphatic heterocycles. The fraction of sp³-hybridized carbons (Fsp3) is 0.667. The lowest BCUT2D eigenvalue weighted by Gasteiger charge is -2.47. The van der Waals surface area contributed by atoms with Crippen LogP contribution in [0.1, 0.15) is 57.6 Å². The largest absolute Gasteiger partial charge is 0.493 e. The normalized spacial score (nSPS) is 29.9. The molecule has 0 aromatic heterocycles. The predicted octanol–water partition coefficient (Wildman–Crippen LogP) is 4.05. The lowest BCUT2D eigenvalue weighted by Crippen LogP contribution is -2.44. The van der Waals surface area contributed by atoms with Crippen LogP contribution in [-0.4, -0.2) is 11.7 Å². The standard InChI is InChI=1S/C18H26O2/c1-17(2,3)16-6-4-5-10-18(16,19)14-7-8-15-13(12-14)9-11-20-15/h7-8,12,16,19H,4-6,9-11H2,1-3H3. The zero-order valence-electron chi connectivity index (χ0n) is 12.9. The second-order valence-corrected chi connectivity index (χ2v) is 7.51. The molecule has 2 aliphatic rings. The van der Waals surface area contributed by atoms with Crippen LogP contribution >= 0.6 is 0 Å². The molecule has 110 valence electrons. The Labute approximate surface area is 122 Å². The van der Waals surface area contributed by atoms with Crippen LogP contribution in [0.15, 0.2) is 18.2 Å². The van der Waals surface area contributed by atoms with Gasteiger partial charge in [0.2, 0.25) is 0 Å². The fourth-order valence-corrected chi connectivity index (χ4v) is 4.11. The molecule has 0 saturated heterocycles. The minimum atomic E-state index is -0.672. The van der Waals surface area contributed by atoms with E-state index in [1.54, 1.807) is 0 Å². The van der Waals surface area contributed by atoms with Crippen LogP contribution < -0.4 is 4.74 Å². The molecule has 2 nitrogen and oxygen atoms in total. The number of aliphatic hydroxyl groups is 1. The maximum Gasteiger partial charge on any atom is 0.122 e. The fourth-order valence-electron chi connectivity index (χ4n) is 4.11. The molecule has 2 unspecified atom stereocenters. The van der Waals surface area contributed by atoms with Gasteiger partial charge in [0, 0.05) is 6.42 Å². The summed E-state index contributed by atoms with van der Waals surface area (Å²) in [6.07, 6.45) is 5.33. The topological polar surface area (TPSA) is 29.5 Å². The zero-order valence-corrected chi connectivity index (χ0v) is 12.9. The first-order chi connectivity index (χ1) is 9.41. The summed E-state index contributed by atoms with van der Waals surface area (Å²) in [4.78, 5) is 0. The second-order valence-electron chi connectivity index (χ2n) is 7.51. The smallest absolute Gasteiger partial charge is 0.122 e. The van der Waals surface area contributed by atoms with Crippen molar-refractivity contribution in [1.82, 2.24) is 0 Å². The third kappa shape index (κ3) is 2.24. The van der Waals surface area contributed by atoms with E-state index in [4.69, 9.17) is 4.74 Å². The number of rotatable bonds is 1. The van der Waals surface area contributed by atoms with Crippen molar-refractivity contribution >= 4 is 0 Å². The molecule has 1 heterocycles. The molecule has 2 atom stereocenters. The van der Waals surface area contributed by atoms with Crippen molar-refractivity contribution in [2.24, 2.45) is 11.3 Å². The van der Waals surface area contributed by atoms with Crippen molar-refractivity contribution in [3.63, 3.8) is 0 Å². The van der Waals surface area contributed by atoms with E-state index in [2.05, 4.69) is 32.9 Å². The van der Waals surface area contributed by atoms with Crippen molar-refractivity contribution in [2.75, 3.05) is 6.61 Å². The van der Waals surface area contributed by atoms with Crippen LogP contribution in [-0.2, 0) is 12.0 Å². The third-order valence-electron chi connectivity index (χ3n) is 5.11. The van der Waals surface area contributed by atoms with Gasteiger partial charge in [-0.3, -0.25) is 0 Å². The average molecular weight is 274 g/mol. The minimum Gasteiger partial charge on any atom is -0.493 e. The summed E-state index contributed by atoms with van der Waals surface area (Å²) in [6.45, 7) is 7.54. The number of ether oxygens (including phenoxy) is 1. The first-order valence-electron chi connectivity index (χ1n) is 7.90. The molecule has 3 rings (SSSR count). The molecule has 0 amide bonds. The summed E-state index contributed by atoms with van der Waals surface area (Å²) in [6, 6.07) is 6.31. The first kappa shape index (κ1) is 13.9. The van der Waals surface area contributed by atoms with Crippen LogP contribution in [0.4, 0.5) is 0 Å². The van der Waals surface area contributed by atoms with E-state index in [0.29, 0.717) is 5.92 Å². The molecule has 2 heteroatoms. The van der Waals surface area contributed by atoms with Crippen LogP contribution in [0.5, 0.6) is 5.75 Å². The van der Waals surface area contributed by atoms with Crippen LogP contribution in [0.2, 0.25) is 0 Å². The van der Waals surface area contributed by atoms with Gasteiger partial charge in [0.25, 0.3) is 0 Å². The summed E-state index contributed by atoms with van der Waals surface area (Å²) in [7, 11) is 0. The van der Waals surface area contributed by atoms with Gasteiger partial charge >= 0.3 is 0 Å². The van der Waals surface area contributed by atoms with E-state index in [9.17, 15) is 5.11 Å². The van der Waals surface area contributed by atoms with E-state index in [0.717, 1.165) is 43.6 Å². The molecule has 0 bridgehead atoms. The van der Waals surface area contributed by atoms with E-state index < -0.39 is 5.60 Å². The maximum atomic E-state index is 11.4. The van der Waals surface area contributed by atoms with Gasteiger partial charge in [0.15, 0.2) is 0 Å².